The molecule has 0 aliphatic carbocycles. The van der Waals surface area contributed by atoms with Crippen LogP contribution in [0.3, 0.4) is 0 Å². The highest BCUT2D eigenvalue weighted by Crippen LogP contribution is 2.10. The van der Waals surface area contributed by atoms with E-state index in [0.717, 1.165) is 19.4 Å². The lowest BCUT2D eigenvalue weighted by molar-refractivity contribution is 0.184. The van der Waals surface area contributed by atoms with Gasteiger partial charge in [0.05, 0.1) is 6.61 Å². The Labute approximate surface area is 105 Å². The summed E-state index contributed by atoms with van der Waals surface area (Å²) in [5.74, 6) is 0. The van der Waals surface area contributed by atoms with Gasteiger partial charge in [-0.25, -0.2) is 0 Å². The van der Waals surface area contributed by atoms with Crippen LogP contribution >= 0.6 is 0 Å². The Bertz CT molecular complexity index is 335. The average Bonchev–Trinajstić information content (AvgIpc) is 2.35. The van der Waals surface area contributed by atoms with Gasteiger partial charge in [-0.2, -0.15) is 0 Å². The molecule has 2 heteroatoms. The molecule has 0 radical (unpaired) electrons. The topological polar surface area (TPSA) is 21.3 Å². The molecular formula is C15H23NO. The van der Waals surface area contributed by atoms with Crippen molar-refractivity contribution >= 4 is 0 Å². The van der Waals surface area contributed by atoms with Gasteiger partial charge in [0.15, 0.2) is 0 Å². The van der Waals surface area contributed by atoms with Gasteiger partial charge >= 0.3 is 0 Å². The summed E-state index contributed by atoms with van der Waals surface area (Å²) in [6, 6.07) is 8.92. The number of benzene rings is 1. The van der Waals surface area contributed by atoms with Gasteiger partial charge in [0.25, 0.3) is 0 Å². The summed E-state index contributed by atoms with van der Waals surface area (Å²) in [7, 11) is 1.73. The molecule has 1 unspecified atom stereocenters. The minimum absolute atomic E-state index is 0.517. The summed E-state index contributed by atoms with van der Waals surface area (Å²) in [6.07, 6.45) is 4.17. The van der Waals surface area contributed by atoms with Crippen LogP contribution in [0, 0.1) is 0 Å². The maximum Gasteiger partial charge on any atom is 0.0716 e. The first kappa shape index (κ1) is 13.9. The number of methoxy groups -OCH3 is 1. The summed E-state index contributed by atoms with van der Waals surface area (Å²) >= 11 is 0. The minimum atomic E-state index is 0.517. The Morgan fingerprint density at radius 2 is 2.06 bits per heavy atom. The van der Waals surface area contributed by atoms with E-state index in [-0.39, 0.29) is 0 Å². The Kier molecular flexibility index (Phi) is 6.60. The second kappa shape index (κ2) is 8.04. The van der Waals surface area contributed by atoms with Gasteiger partial charge < -0.3 is 10.1 Å². The lowest BCUT2D eigenvalue weighted by Crippen LogP contribution is -2.25. The van der Waals surface area contributed by atoms with Gasteiger partial charge in [0, 0.05) is 19.7 Å². The highest BCUT2D eigenvalue weighted by atomic mass is 16.5. The predicted molar refractivity (Wildman–Crippen MR) is 72.9 cm³/mol. The SMILES string of the molecule is C=CCCC(C)NCc1ccccc1COC. The lowest BCUT2D eigenvalue weighted by atomic mass is 10.1. The maximum absolute atomic E-state index is 5.20. The van der Waals surface area contributed by atoms with Gasteiger partial charge in [-0.15, -0.1) is 6.58 Å². The molecule has 0 saturated heterocycles. The van der Waals surface area contributed by atoms with E-state index in [0.29, 0.717) is 12.6 Å². The number of ether oxygens (including phenoxy) is 1. The molecule has 1 aromatic carbocycles. The zero-order valence-electron chi connectivity index (χ0n) is 10.9. The first-order valence-corrected chi connectivity index (χ1v) is 6.18. The molecule has 0 amide bonds. The monoisotopic (exact) mass is 233 g/mol. The smallest absolute Gasteiger partial charge is 0.0716 e. The average molecular weight is 233 g/mol. The molecule has 1 aromatic rings. The highest BCUT2D eigenvalue weighted by molar-refractivity contribution is 5.26. The molecule has 0 heterocycles. The minimum Gasteiger partial charge on any atom is -0.380 e. The van der Waals surface area contributed by atoms with Crippen molar-refractivity contribution in [1.82, 2.24) is 5.32 Å². The van der Waals surface area contributed by atoms with Crippen molar-refractivity contribution in [3.63, 3.8) is 0 Å². The molecule has 1 rings (SSSR count). The van der Waals surface area contributed by atoms with E-state index < -0.39 is 0 Å². The third kappa shape index (κ3) is 5.16. The fourth-order valence-electron chi connectivity index (χ4n) is 1.78. The fourth-order valence-corrected chi connectivity index (χ4v) is 1.78. The molecule has 2 nitrogen and oxygen atoms in total. The first-order chi connectivity index (χ1) is 8.27. The fraction of sp³-hybridized carbons (Fsp3) is 0.467. The van der Waals surface area contributed by atoms with Crippen LogP contribution in [0.5, 0.6) is 0 Å². The zero-order chi connectivity index (χ0) is 12.5. The number of allylic oxidation sites excluding steroid dienone is 1. The lowest BCUT2D eigenvalue weighted by Gasteiger charge is -2.15. The summed E-state index contributed by atoms with van der Waals surface area (Å²) in [4.78, 5) is 0. The Morgan fingerprint density at radius 1 is 1.35 bits per heavy atom. The van der Waals surface area contributed by atoms with Gasteiger partial charge in [-0.05, 0) is 30.9 Å². The van der Waals surface area contributed by atoms with Crippen LogP contribution in [0.15, 0.2) is 36.9 Å². The summed E-state index contributed by atoms with van der Waals surface area (Å²) in [6.45, 7) is 7.54. The highest BCUT2D eigenvalue weighted by Gasteiger charge is 2.04. The number of hydrogen-bond donors (Lipinski definition) is 1. The maximum atomic E-state index is 5.20. The predicted octanol–water partition coefficient (Wildman–Crippen LogP) is 3.28. The van der Waals surface area contributed by atoms with Crippen molar-refractivity contribution in [2.75, 3.05) is 7.11 Å². The normalized spacial score (nSPS) is 12.4. The van der Waals surface area contributed by atoms with E-state index >= 15 is 0 Å². The van der Waals surface area contributed by atoms with Crippen molar-refractivity contribution in [1.29, 1.82) is 0 Å². The second-order valence-electron chi connectivity index (χ2n) is 4.35. The Hall–Kier alpha value is -1.12. The summed E-state index contributed by atoms with van der Waals surface area (Å²) in [5, 5.41) is 3.53. The third-order valence-corrected chi connectivity index (χ3v) is 2.86. The van der Waals surface area contributed by atoms with Crippen LogP contribution in [-0.4, -0.2) is 13.2 Å². The standard InChI is InChI=1S/C15H23NO/c1-4-5-8-13(2)16-11-14-9-6-7-10-15(14)12-17-3/h4,6-7,9-10,13,16H,1,5,8,11-12H2,2-3H3. The van der Waals surface area contributed by atoms with Crippen molar-refractivity contribution in [2.45, 2.75) is 39.0 Å². The van der Waals surface area contributed by atoms with Crippen molar-refractivity contribution in [3.8, 4) is 0 Å². The Morgan fingerprint density at radius 3 is 2.71 bits per heavy atom. The van der Waals surface area contributed by atoms with Gasteiger partial charge in [-0.1, -0.05) is 30.3 Å². The van der Waals surface area contributed by atoms with Crippen LogP contribution in [-0.2, 0) is 17.9 Å². The van der Waals surface area contributed by atoms with E-state index in [1.54, 1.807) is 7.11 Å². The van der Waals surface area contributed by atoms with E-state index in [1.165, 1.54) is 11.1 Å². The summed E-state index contributed by atoms with van der Waals surface area (Å²) in [5.41, 5.74) is 2.58. The van der Waals surface area contributed by atoms with Crippen LogP contribution in [0.25, 0.3) is 0 Å². The molecule has 0 bridgehead atoms. The van der Waals surface area contributed by atoms with E-state index in [4.69, 9.17) is 4.74 Å². The van der Waals surface area contributed by atoms with Crippen molar-refractivity contribution in [3.05, 3.63) is 48.0 Å². The molecule has 0 aliphatic heterocycles. The second-order valence-corrected chi connectivity index (χ2v) is 4.35. The third-order valence-electron chi connectivity index (χ3n) is 2.86. The molecule has 0 spiro atoms. The molecule has 0 aliphatic rings. The van der Waals surface area contributed by atoms with Crippen molar-refractivity contribution < 1.29 is 4.74 Å². The van der Waals surface area contributed by atoms with Gasteiger partial charge in [0.2, 0.25) is 0 Å². The first-order valence-electron chi connectivity index (χ1n) is 6.18. The van der Waals surface area contributed by atoms with Crippen LogP contribution in [0.1, 0.15) is 30.9 Å². The molecule has 0 saturated carbocycles. The molecule has 0 aromatic heterocycles. The largest absolute Gasteiger partial charge is 0.380 e. The van der Waals surface area contributed by atoms with Gasteiger partial charge in [-0.3, -0.25) is 0 Å². The van der Waals surface area contributed by atoms with Crippen LogP contribution in [0.2, 0.25) is 0 Å². The van der Waals surface area contributed by atoms with Gasteiger partial charge in [0.1, 0.15) is 0 Å². The Balaban J connectivity index is 2.47. The van der Waals surface area contributed by atoms with E-state index in [2.05, 4.69) is 43.1 Å². The summed E-state index contributed by atoms with van der Waals surface area (Å²) < 4.78 is 5.20. The van der Waals surface area contributed by atoms with E-state index in [1.807, 2.05) is 6.08 Å². The molecule has 17 heavy (non-hydrogen) atoms. The molecule has 94 valence electrons. The van der Waals surface area contributed by atoms with Crippen LogP contribution < -0.4 is 5.32 Å². The molecule has 1 N–H and O–H groups in total. The molecule has 1 atom stereocenters. The number of rotatable bonds is 8. The molecule has 0 fully saturated rings. The molecular weight excluding hydrogens is 210 g/mol. The van der Waals surface area contributed by atoms with Crippen LogP contribution in [0.4, 0.5) is 0 Å². The number of nitrogens with one attached hydrogen (secondary N) is 1. The van der Waals surface area contributed by atoms with E-state index in [9.17, 15) is 0 Å². The number of hydrogen-bond acceptors (Lipinski definition) is 2. The quantitative estimate of drug-likeness (QED) is 0.696. The van der Waals surface area contributed by atoms with Crippen molar-refractivity contribution in [2.24, 2.45) is 0 Å². The zero-order valence-corrected chi connectivity index (χ0v) is 10.9.